The average molecular weight is 407 g/mol. The maximum absolute atomic E-state index is 8.74. The monoisotopic (exact) mass is 406 g/mol. The van der Waals surface area contributed by atoms with Crippen LogP contribution >= 0.6 is 8.25 Å². The molecule has 158 valence electrons. The van der Waals surface area contributed by atoms with E-state index in [0.29, 0.717) is 0 Å². The van der Waals surface area contributed by atoms with Gasteiger partial charge in [-0.15, -0.1) is 0 Å². The second-order valence-electron chi connectivity index (χ2n) is 6.88. The number of rotatable bonds is 10. The average Bonchev–Trinajstić information content (AvgIpc) is 2.70. The summed E-state index contributed by atoms with van der Waals surface area (Å²) >= 11 is 0. The van der Waals surface area contributed by atoms with Gasteiger partial charge in [0.2, 0.25) is 0 Å². The third-order valence-corrected chi connectivity index (χ3v) is 4.32. The molecular formula is C24H39O3P. The van der Waals surface area contributed by atoms with Crippen molar-refractivity contribution in [2.75, 3.05) is 0 Å². The van der Waals surface area contributed by atoms with Crippen molar-refractivity contribution in [3.05, 3.63) is 71.8 Å². The van der Waals surface area contributed by atoms with Gasteiger partial charge in [-0.1, -0.05) is 113 Å². The smallest absolute Gasteiger partial charge is 0.314 e. The first-order chi connectivity index (χ1) is 13.6. The Labute approximate surface area is 172 Å². The van der Waals surface area contributed by atoms with E-state index in [4.69, 9.17) is 14.4 Å². The van der Waals surface area contributed by atoms with Gasteiger partial charge in [-0.05, 0) is 36.8 Å². The van der Waals surface area contributed by atoms with Crippen molar-refractivity contribution in [2.24, 2.45) is 0 Å². The molecule has 0 unspecified atom stereocenters. The topological polar surface area (TPSA) is 57.5 Å². The van der Waals surface area contributed by atoms with E-state index >= 15 is 0 Å². The van der Waals surface area contributed by atoms with Gasteiger partial charge < -0.3 is 9.79 Å². The summed E-state index contributed by atoms with van der Waals surface area (Å²) < 4.78 is 8.74. The van der Waals surface area contributed by atoms with Crippen LogP contribution in [0.25, 0.3) is 0 Å². The predicted octanol–water partition coefficient (Wildman–Crippen LogP) is 6.98. The molecule has 4 heteroatoms. The fourth-order valence-electron chi connectivity index (χ4n) is 2.80. The van der Waals surface area contributed by atoms with Gasteiger partial charge in [0.25, 0.3) is 0 Å². The van der Waals surface area contributed by atoms with E-state index in [2.05, 4.69) is 74.5 Å². The van der Waals surface area contributed by atoms with Crippen molar-refractivity contribution in [2.45, 2.75) is 78.1 Å². The molecule has 2 aromatic carbocycles. The van der Waals surface area contributed by atoms with Crippen molar-refractivity contribution < 1.29 is 14.4 Å². The van der Waals surface area contributed by atoms with Gasteiger partial charge in [0.15, 0.2) is 0 Å². The summed E-state index contributed by atoms with van der Waals surface area (Å²) in [4.78, 5) is 14.3. The van der Waals surface area contributed by atoms with Crippen LogP contribution in [0.3, 0.4) is 0 Å². The fraction of sp³-hybridized carbons (Fsp3) is 0.500. The van der Waals surface area contributed by atoms with E-state index in [1.54, 1.807) is 0 Å². The molecule has 3 nitrogen and oxygen atoms in total. The number of hydrogen-bond acceptors (Lipinski definition) is 1. The van der Waals surface area contributed by atoms with Crippen LogP contribution in [0.5, 0.6) is 0 Å². The summed E-state index contributed by atoms with van der Waals surface area (Å²) in [6.07, 6.45) is 13.4. The van der Waals surface area contributed by atoms with Gasteiger partial charge >= 0.3 is 8.25 Å². The second kappa shape index (κ2) is 20.3. The normalized spacial score (nSPS) is 9.89. The molecule has 0 fully saturated rings. The Kier molecular flexibility index (Phi) is 19.3. The Morgan fingerprint density at radius 2 is 0.929 bits per heavy atom. The number of unbranched alkanes of at least 4 members (excludes halogenated alkanes) is 6. The molecule has 0 spiro atoms. The number of benzene rings is 2. The van der Waals surface area contributed by atoms with Crippen molar-refractivity contribution in [3.63, 3.8) is 0 Å². The van der Waals surface area contributed by atoms with Crippen LogP contribution in [0.2, 0.25) is 0 Å². The van der Waals surface area contributed by atoms with Gasteiger partial charge in [-0.25, -0.2) is 0 Å². The highest BCUT2D eigenvalue weighted by molar-refractivity contribution is 7.30. The lowest BCUT2D eigenvalue weighted by atomic mass is 10.1. The molecular weight excluding hydrogens is 367 g/mol. The van der Waals surface area contributed by atoms with Crippen LogP contribution in [0.1, 0.15) is 76.3 Å². The summed E-state index contributed by atoms with van der Waals surface area (Å²) in [5.41, 5.74) is 2.96. The summed E-state index contributed by atoms with van der Waals surface area (Å²) in [7, 11) is -3.13. The van der Waals surface area contributed by atoms with Gasteiger partial charge in [0.1, 0.15) is 0 Å². The lowest BCUT2D eigenvalue weighted by molar-refractivity contribution is 0.405. The molecule has 0 aliphatic rings. The zero-order valence-electron chi connectivity index (χ0n) is 17.6. The van der Waals surface area contributed by atoms with Gasteiger partial charge in [-0.3, -0.25) is 4.57 Å². The lowest BCUT2D eigenvalue weighted by Crippen LogP contribution is -1.84. The van der Waals surface area contributed by atoms with Crippen LogP contribution in [0, 0.1) is 0 Å². The number of hydrogen-bond donors (Lipinski definition) is 2. The molecule has 0 radical (unpaired) electrons. The first-order valence-electron chi connectivity index (χ1n) is 10.6. The van der Waals surface area contributed by atoms with E-state index in [1.807, 2.05) is 0 Å². The molecule has 0 saturated carbocycles. The van der Waals surface area contributed by atoms with Crippen LogP contribution in [0.15, 0.2) is 60.7 Å². The molecule has 0 bridgehead atoms. The Balaban J connectivity index is 0.000000439. The minimum absolute atomic E-state index is 1.25. The van der Waals surface area contributed by atoms with E-state index < -0.39 is 8.25 Å². The third kappa shape index (κ3) is 19.4. The molecule has 2 N–H and O–H groups in total. The van der Waals surface area contributed by atoms with Crippen LogP contribution < -0.4 is 0 Å². The van der Waals surface area contributed by atoms with E-state index in [0.717, 1.165) is 0 Å². The minimum atomic E-state index is -3.13. The molecule has 2 rings (SSSR count). The minimum Gasteiger partial charge on any atom is -0.326 e. The summed E-state index contributed by atoms with van der Waals surface area (Å²) in [5, 5.41) is 0. The molecule has 0 aliphatic heterocycles. The van der Waals surface area contributed by atoms with Gasteiger partial charge in [0, 0.05) is 0 Å². The Bertz CT molecular complexity index is 521. The number of aryl methyl sites for hydroxylation is 2. The maximum Gasteiger partial charge on any atom is 0.314 e. The molecule has 0 amide bonds. The lowest BCUT2D eigenvalue weighted by Gasteiger charge is -1.99. The standard InChI is InChI=1S/2C12H18.H3O3P/c2*1-2-3-4-6-9-12-10-7-5-8-11-12;1-4(2)3/h2*5,7-8,10-11H,2-4,6,9H2,1H3;4H,(H2,1,2,3). The molecule has 0 aliphatic carbocycles. The second-order valence-corrected chi connectivity index (χ2v) is 7.44. The molecule has 0 heterocycles. The quantitative estimate of drug-likeness (QED) is 0.330. The van der Waals surface area contributed by atoms with Crippen molar-refractivity contribution in [1.82, 2.24) is 0 Å². The fourth-order valence-corrected chi connectivity index (χ4v) is 2.80. The van der Waals surface area contributed by atoms with Crippen molar-refractivity contribution >= 4 is 8.25 Å². The zero-order valence-corrected chi connectivity index (χ0v) is 18.6. The largest absolute Gasteiger partial charge is 0.326 e. The molecule has 0 aromatic heterocycles. The Hall–Kier alpha value is -1.41. The van der Waals surface area contributed by atoms with Crippen molar-refractivity contribution in [3.8, 4) is 0 Å². The molecule has 28 heavy (non-hydrogen) atoms. The van der Waals surface area contributed by atoms with E-state index in [-0.39, 0.29) is 0 Å². The van der Waals surface area contributed by atoms with Crippen LogP contribution in [0.4, 0.5) is 0 Å². The predicted molar refractivity (Wildman–Crippen MR) is 122 cm³/mol. The third-order valence-electron chi connectivity index (χ3n) is 4.32. The van der Waals surface area contributed by atoms with Gasteiger partial charge in [0.05, 0.1) is 0 Å². The highest BCUT2D eigenvalue weighted by atomic mass is 31.1. The van der Waals surface area contributed by atoms with Crippen LogP contribution in [-0.2, 0) is 17.4 Å². The summed E-state index contributed by atoms with van der Waals surface area (Å²) in [6, 6.07) is 21.5. The first kappa shape index (κ1) is 26.6. The highest BCUT2D eigenvalue weighted by Gasteiger charge is 1.91. The summed E-state index contributed by atoms with van der Waals surface area (Å²) in [6.45, 7) is 4.50. The zero-order chi connectivity index (χ0) is 20.9. The van der Waals surface area contributed by atoms with Gasteiger partial charge in [-0.2, -0.15) is 0 Å². The molecule has 0 atom stereocenters. The van der Waals surface area contributed by atoms with Crippen LogP contribution in [-0.4, -0.2) is 9.79 Å². The van der Waals surface area contributed by atoms with E-state index in [9.17, 15) is 0 Å². The Morgan fingerprint density at radius 3 is 1.21 bits per heavy atom. The molecule has 0 saturated heterocycles. The highest BCUT2D eigenvalue weighted by Crippen LogP contribution is 2.07. The summed E-state index contributed by atoms with van der Waals surface area (Å²) in [5.74, 6) is 0. The Morgan fingerprint density at radius 1 is 0.607 bits per heavy atom. The van der Waals surface area contributed by atoms with E-state index in [1.165, 1.54) is 75.3 Å². The SMILES string of the molecule is CCCCCCc1ccccc1.CCCCCCc1ccccc1.O=[PH](O)O. The molecule has 2 aromatic rings. The first-order valence-corrected chi connectivity index (χ1v) is 11.9. The maximum atomic E-state index is 8.74. The van der Waals surface area contributed by atoms with Crippen molar-refractivity contribution in [1.29, 1.82) is 0 Å².